The van der Waals surface area contributed by atoms with Gasteiger partial charge >= 0.3 is 0 Å². The van der Waals surface area contributed by atoms with Crippen molar-refractivity contribution in [3.05, 3.63) is 48.7 Å². The Morgan fingerprint density at radius 2 is 1.75 bits per heavy atom. The number of rotatable bonds is 6. The molecule has 7 nitrogen and oxygen atoms in total. The van der Waals surface area contributed by atoms with E-state index in [0.29, 0.717) is 18.8 Å². The standard InChI is InChI=1S/C25H32N4O3/c30-24(19-32-22-10-5-2-6-11-22)29-15-7-14-28(16-17-29)23-13-12-21(18-26-23)27-25(31)20-8-3-1-4-9-20/h2,5-6,10-13,18,20H,1,3-4,7-9,14-17,19H2,(H,27,31). The summed E-state index contributed by atoms with van der Waals surface area (Å²) in [6.45, 7) is 2.96. The van der Waals surface area contributed by atoms with Crippen molar-refractivity contribution in [2.75, 3.05) is 43.0 Å². The van der Waals surface area contributed by atoms with Gasteiger partial charge in [-0.25, -0.2) is 4.98 Å². The van der Waals surface area contributed by atoms with E-state index < -0.39 is 0 Å². The van der Waals surface area contributed by atoms with Gasteiger partial charge in [0, 0.05) is 32.1 Å². The SMILES string of the molecule is O=C(Nc1ccc(N2CCCN(C(=O)COc3ccccc3)CC2)nc1)C1CCCCC1. The second kappa shape index (κ2) is 11.0. The molecule has 7 heteroatoms. The van der Waals surface area contributed by atoms with E-state index >= 15 is 0 Å². The summed E-state index contributed by atoms with van der Waals surface area (Å²) >= 11 is 0. The third-order valence-corrected chi connectivity index (χ3v) is 6.27. The molecule has 2 aliphatic rings. The van der Waals surface area contributed by atoms with Gasteiger partial charge < -0.3 is 19.9 Å². The molecule has 2 fully saturated rings. The Morgan fingerprint density at radius 3 is 2.50 bits per heavy atom. The van der Waals surface area contributed by atoms with Gasteiger partial charge in [-0.1, -0.05) is 37.5 Å². The van der Waals surface area contributed by atoms with Gasteiger partial charge in [0.25, 0.3) is 5.91 Å². The number of pyridine rings is 1. The van der Waals surface area contributed by atoms with Crippen LogP contribution in [-0.2, 0) is 9.59 Å². The molecule has 0 bridgehead atoms. The molecule has 1 aliphatic heterocycles. The molecule has 1 aromatic heterocycles. The summed E-state index contributed by atoms with van der Waals surface area (Å²) in [5.74, 6) is 1.82. The topological polar surface area (TPSA) is 74.8 Å². The van der Waals surface area contributed by atoms with Crippen LogP contribution < -0.4 is 15.0 Å². The number of nitrogens with one attached hydrogen (secondary N) is 1. The van der Waals surface area contributed by atoms with Crippen LogP contribution in [0.1, 0.15) is 38.5 Å². The molecule has 0 unspecified atom stereocenters. The van der Waals surface area contributed by atoms with Crippen LogP contribution in [0.2, 0.25) is 0 Å². The minimum absolute atomic E-state index is 0.00411. The maximum Gasteiger partial charge on any atom is 0.260 e. The Morgan fingerprint density at radius 1 is 0.938 bits per heavy atom. The fourth-order valence-corrected chi connectivity index (χ4v) is 4.41. The number of hydrogen-bond acceptors (Lipinski definition) is 5. The first-order chi connectivity index (χ1) is 15.7. The average Bonchev–Trinajstić information content (AvgIpc) is 3.11. The highest BCUT2D eigenvalue weighted by atomic mass is 16.5. The van der Waals surface area contributed by atoms with E-state index in [1.807, 2.05) is 47.4 Å². The van der Waals surface area contributed by atoms with Crippen LogP contribution in [0, 0.1) is 5.92 Å². The number of aromatic nitrogens is 1. The lowest BCUT2D eigenvalue weighted by molar-refractivity contribution is -0.133. The summed E-state index contributed by atoms with van der Waals surface area (Å²) in [4.78, 5) is 33.6. The van der Waals surface area contributed by atoms with Gasteiger partial charge in [0.1, 0.15) is 11.6 Å². The normalized spacial score (nSPS) is 17.5. The van der Waals surface area contributed by atoms with Gasteiger partial charge in [-0.2, -0.15) is 0 Å². The van der Waals surface area contributed by atoms with Gasteiger partial charge in [0.2, 0.25) is 5.91 Å². The first-order valence-corrected chi connectivity index (χ1v) is 11.7. The fraction of sp³-hybridized carbons (Fsp3) is 0.480. The van der Waals surface area contributed by atoms with Crippen molar-refractivity contribution in [1.29, 1.82) is 0 Å². The number of ether oxygens (including phenoxy) is 1. The first-order valence-electron chi connectivity index (χ1n) is 11.7. The first kappa shape index (κ1) is 22.1. The molecule has 0 atom stereocenters. The van der Waals surface area contributed by atoms with Crippen molar-refractivity contribution in [3.8, 4) is 5.75 Å². The van der Waals surface area contributed by atoms with E-state index in [2.05, 4.69) is 15.2 Å². The largest absolute Gasteiger partial charge is 0.484 e. The van der Waals surface area contributed by atoms with Crippen LogP contribution in [0.4, 0.5) is 11.5 Å². The molecule has 2 heterocycles. The quantitative estimate of drug-likeness (QED) is 0.747. The van der Waals surface area contributed by atoms with Crippen LogP contribution in [0.5, 0.6) is 5.75 Å². The third kappa shape index (κ3) is 5.99. The Labute approximate surface area is 189 Å². The summed E-state index contributed by atoms with van der Waals surface area (Å²) in [6, 6.07) is 13.3. The molecule has 1 aliphatic carbocycles. The predicted molar refractivity (Wildman–Crippen MR) is 125 cm³/mol. The zero-order valence-electron chi connectivity index (χ0n) is 18.5. The maximum atomic E-state index is 12.6. The number of anilines is 2. The van der Waals surface area contributed by atoms with Gasteiger partial charge in [-0.05, 0) is 43.5 Å². The number of nitrogens with zero attached hydrogens (tertiary/aromatic N) is 3. The molecule has 1 saturated heterocycles. The average molecular weight is 437 g/mol. The molecule has 170 valence electrons. The number of hydrogen-bond donors (Lipinski definition) is 1. The monoisotopic (exact) mass is 436 g/mol. The molecule has 1 saturated carbocycles. The lowest BCUT2D eigenvalue weighted by atomic mass is 9.88. The van der Waals surface area contributed by atoms with Gasteiger partial charge in [0.15, 0.2) is 6.61 Å². The molecule has 1 aromatic carbocycles. The summed E-state index contributed by atoms with van der Waals surface area (Å²) < 4.78 is 5.61. The lowest BCUT2D eigenvalue weighted by Gasteiger charge is -2.23. The molecular weight excluding hydrogens is 404 g/mol. The zero-order chi connectivity index (χ0) is 22.2. The van der Waals surface area contributed by atoms with Crippen molar-refractivity contribution in [2.45, 2.75) is 38.5 Å². The molecular formula is C25H32N4O3. The van der Waals surface area contributed by atoms with Crippen molar-refractivity contribution < 1.29 is 14.3 Å². The summed E-state index contributed by atoms with van der Waals surface area (Å²) in [5.41, 5.74) is 0.744. The Balaban J connectivity index is 1.26. The fourth-order valence-electron chi connectivity index (χ4n) is 4.41. The van der Waals surface area contributed by atoms with E-state index in [-0.39, 0.29) is 24.3 Å². The highest BCUT2D eigenvalue weighted by Crippen LogP contribution is 2.25. The Bertz CT molecular complexity index is 882. The molecule has 0 radical (unpaired) electrons. The number of para-hydroxylation sites is 1. The predicted octanol–water partition coefficient (Wildman–Crippen LogP) is 3.72. The van der Waals surface area contributed by atoms with Gasteiger partial charge in [-0.15, -0.1) is 0 Å². The molecule has 32 heavy (non-hydrogen) atoms. The molecule has 2 aromatic rings. The van der Waals surface area contributed by atoms with Crippen molar-refractivity contribution >= 4 is 23.3 Å². The summed E-state index contributed by atoms with van der Waals surface area (Å²) in [7, 11) is 0. The Kier molecular flexibility index (Phi) is 7.59. The second-order valence-electron chi connectivity index (χ2n) is 8.55. The Hall–Kier alpha value is -3.09. The van der Waals surface area contributed by atoms with Gasteiger partial charge in [0.05, 0.1) is 11.9 Å². The van der Waals surface area contributed by atoms with Crippen LogP contribution >= 0.6 is 0 Å². The number of amides is 2. The van der Waals surface area contributed by atoms with E-state index in [0.717, 1.165) is 56.7 Å². The van der Waals surface area contributed by atoms with Gasteiger partial charge in [-0.3, -0.25) is 9.59 Å². The maximum absolute atomic E-state index is 12.6. The van der Waals surface area contributed by atoms with E-state index in [1.165, 1.54) is 6.42 Å². The summed E-state index contributed by atoms with van der Waals surface area (Å²) in [5, 5.41) is 3.02. The number of carbonyl (C=O) groups is 2. The molecule has 0 spiro atoms. The van der Waals surface area contributed by atoms with Crippen molar-refractivity contribution in [3.63, 3.8) is 0 Å². The highest BCUT2D eigenvalue weighted by Gasteiger charge is 2.22. The van der Waals surface area contributed by atoms with Crippen LogP contribution in [0.15, 0.2) is 48.7 Å². The third-order valence-electron chi connectivity index (χ3n) is 6.27. The van der Waals surface area contributed by atoms with Crippen LogP contribution in [-0.4, -0.2) is 54.5 Å². The van der Waals surface area contributed by atoms with Crippen molar-refractivity contribution in [1.82, 2.24) is 9.88 Å². The van der Waals surface area contributed by atoms with E-state index in [1.54, 1.807) is 6.20 Å². The van der Waals surface area contributed by atoms with E-state index in [4.69, 9.17) is 4.74 Å². The molecule has 2 amide bonds. The number of benzene rings is 1. The van der Waals surface area contributed by atoms with Crippen LogP contribution in [0.25, 0.3) is 0 Å². The van der Waals surface area contributed by atoms with E-state index in [9.17, 15) is 9.59 Å². The summed E-state index contributed by atoms with van der Waals surface area (Å²) in [6.07, 6.45) is 8.09. The smallest absolute Gasteiger partial charge is 0.260 e. The number of carbonyl (C=O) groups excluding carboxylic acids is 2. The minimum Gasteiger partial charge on any atom is -0.484 e. The lowest BCUT2D eigenvalue weighted by Crippen LogP contribution is -2.38. The van der Waals surface area contributed by atoms with Crippen molar-refractivity contribution in [2.24, 2.45) is 5.92 Å². The highest BCUT2D eigenvalue weighted by molar-refractivity contribution is 5.92. The van der Waals surface area contributed by atoms with Crippen LogP contribution in [0.3, 0.4) is 0 Å². The molecule has 1 N–H and O–H groups in total. The molecule has 4 rings (SSSR count). The second-order valence-corrected chi connectivity index (χ2v) is 8.55. The zero-order valence-corrected chi connectivity index (χ0v) is 18.5. The minimum atomic E-state index is 0.00411.